The second-order valence-electron chi connectivity index (χ2n) is 6.44. The van der Waals surface area contributed by atoms with Crippen molar-refractivity contribution in [2.45, 2.75) is 66.2 Å². The van der Waals surface area contributed by atoms with Crippen LogP contribution >= 0.6 is 0 Å². The highest BCUT2D eigenvalue weighted by atomic mass is 16.1. The Morgan fingerprint density at radius 2 is 2.06 bits per heavy atom. The molecule has 1 fully saturated rings. The minimum atomic E-state index is 0.536. The summed E-state index contributed by atoms with van der Waals surface area (Å²) in [6.07, 6.45) is 8.50. The van der Waals surface area contributed by atoms with Crippen LogP contribution in [0.25, 0.3) is 0 Å². The lowest BCUT2D eigenvalue weighted by molar-refractivity contribution is -0.108. The molecule has 0 bridgehead atoms. The highest BCUT2D eigenvalue weighted by Crippen LogP contribution is 2.49. The van der Waals surface area contributed by atoms with Crippen molar-refractivity contribution in [1.82, 2.24) is 0 Å². The zero-order chi connectivity index (χ0) is 12.2. The van der Waals surface area contributed by atoms with E-state index in [1.807, 2.05) is 0 Å². The van der Waals surface area contributed by atoms with E-state index in [-0.39, 0.29) is 0 Å². The third kappa shape index (κ3) is 3.33. The first-order valence-corrected chi connectivity index (χ1v) is 6.92. The standard InChI is InChI=1S/C15H28O/c1-12(10-11-16)6-5-7-14-9-8-13(2)15(14,3)4/h11-14H,5-10H2,1-4H3. The maximum absolute atomic E-state index is 10.4. The summed E-state index contributed by atoms with van der Waals surface area (Å²) in [5, 5.41) is 0. The predicted molar refractivity (Wildman–Crippen MR) is 69.4 cm³/mol. The lowest BCUT2D eigenvalue weighted by atomic mass is 9.74. The molecule has 1 heteroatoms. The maximum atomic E-state index is 10.4. The number of hydrogen-bond donors (Lipinski definition) is 0. The van der Waals surface area contributed by atoms with Gasteiger partial charge in [-0.1, -0.05) is 40.5 Å². The van der Waals surface area contributed by atoms with Gasteiger partial charge >= 0.3 is 0 Å². The zero-order valence-corrected chi connectivity index (χ0v) is 11.5. The van der Waals surface area contributed by atoms with Crippen LogP contribution in [0.1, 0.15) is 66.2 Å². The van der Waals surface area contributed by atoms with Crippen LogP contribution in [-0.4, -0.2) is 6.29 Å². The van der Waals surface area contributed by atoms with Gasteiger partial charge in [0.15, 0.2) is 0 Å². The average molecular weight is 224 g/mol. The average Bonchev–Trinajstić information content (AvgIpc) is 2.45. The summed E-state index contributed by atoms with van der Waals surface area (Å²) in [6, 6.07) is 0. The first-order chi connectivity index (χ1) is 7.48. The SMILES string of the molecule is CC(CC=O)CCCC1CCC(C)C1(C)C. The summed E-state index contributed by atoms with van der Waals surface area (Å²) >= 11 is 0. The lowest BCUT2D eigenvalue weighted by Gasteiger charge is -2.31. The van der Waals surface area contributed by atoms with Gasteiger partial charge < -0.3 is 4.79 Å². The van der Waals surface area contributed by atoms with Crippen molar-refractivity contribution in [3.8, 4) is 0 Å². The maximum Gasteiger partial charge on any atom is 0.120 e. The summed E-state index contributed by atoms with van der Waals surface area (Å²) in [7, 11) is 0. The van der Waals surface area contributed by atoms with Crippen molar-refractivity contribution in [3.63, 3.8) is 0 Å². The van der Waals surface area contributed by atoms with Crippen molar-refractivity contribution >= 4 is 6.29 Å². The smallest absolute Gasteiger partial charge is 0.120 e. The molecule has 1 rings (SSSR count). The Bertz CT molecular complexity index is 219. The summed E-state index contributed by atoms with van der Waals surface area (Å²) in [4.78, 5) is 10.4. The molecule has 0 aromatic rings. The van der Waals surface area contributed by atoms with E-state index in [1.54, 1.807) is 0 Å². The van der Waals surface area contributed by atoms with E-state index in [0.29, 0.717) is 11.3 Å². The fourth-order valence-corrected chi connectivity index (χ4v) is 3.11. The van der Waals surface area contributed by atoms with Crippen molar-refractivity contribution in [3.05, 3.63) is 0 Å². The highest BCUT2D eigenvalue weighted by Gasteiger charge is 2.39. The van der Waals surface area contributed by atoms with Crippen LogP contribution in [0.3, 0.4) is 0 Å². The molecule has 0 radical (unpaired) electrons. The summed E-state index contributed by atoms with van der Waals surface area (Å²) in [5.41, 5.74) is 0.536. The Morgan fingerprint density at radius 3 is 2.56 bits per heavy atom. The molecule has 1 aliphatic rings. The molecule has 1 nitrogen and oxygen atoms in total. The van der Waals surface area contributed by atoms with Crippen LogP contribution in [0.2, 0.25) is 0 Å². The third-order valence-electron chi connectivity index (χ3n) is 5.02. The van der Waals surface area contributed by atoms with Gasteiger partial charge in [-0.2, -0.15) is 0 Å². The van der Waals surface area contributed by atoms with E-state index in [9.17, 15) is 4.79 Å². The number of carbonyl (C=O) groups is 1. The van der Waals surface area contributed by atoms with Gasteiger partial charge in [-0.05, 0) is 42.4 Å². The topological polar surface area (TPSA) is 17.1 Å². The number of rotatable bonds is 6. The molecular weight excluding hydrogens is 196 g/mol. The largest absolute Gasteiger partial charge is 0.303 e. The molecular formula is C15H28O. The number of hydrogen-bond acceptors (Lipinski definition) is 1. The van der Waals surface area contributed by atoms with Gasteiger partial charge in [-0.3, -0.25) is 0 Å². The van der Waals surface area contributed by atoms with Crippen LogP contribution in [0.15, 0.2) is 0 Å². The molecule has 0 aromatic heterocycles. The van der Waals surface area contributed by atoms with Crippen molar-refractivity contribution < 1.29 is 4.79 Å². The van der Waals surface area contributed by atoms with Crippen molar-refractivity contribution in [2.24, 2.45) is 23.2 Å². The summed E-state index contributed by atoms with van der Waals surface area (Å²) in [6.45, 7) is 9.46. The predicted octanol–water partition coefficient (Wildman–Crippen LogP) is 4.45. The Labute approximate surface area is 101 Å². The van der Waals surface area contributed by atoms with Gasteiger partial charge in [0, 0.05) is 6.42 Å². The molecule has 3 unspecified atom stereocenters. The van der Waals surface area contributed by atoms with Crippen molar-refractivity contribution in [2.75, 3.05) is 0 Å². The molecule has 0 N–H and O–H groups in total. The zero-order valence-electron chi connectivity index (χ0n) is 11.5. The molecule has 0 heterocycles. The fraction of sp³-hybridized carbons (Fsp3) is 0.933. The van der Waals surface area contributed by atoms with Crippen LogP contribution in [-0.2, 0) is 4.79 Å². The van der Waals surface area contributed by atoms with Gasteiger partial charge in [0.05, 0.1) is 0 Å². The van der Waals surface area contributed by atoms with E-state index in [1.165, 1.54) is 32.1 Å². The Hall–Kier alpha value is -0.330. The first kappa shape index (κ1) is 13.7. The van der Waals surface area contributed by atoms with Gasteiger partial charge in [-0.25, -0.2) is 0 Å². The summed E-state index contributed by atoms with van der Waals surface area (Å²) < 4.78 is 0. The van der Waals surface area contributed by atoms with Gasteiger partial charge in [0.2, 0.25) is 0 Å². The summed E-state index contributed by atoms with van der Waals surface area (Å²) in [5.74, 6) is 2.37. The first-order valence-electron chi connectivity index (χ1n) is 6.92. The molecule has 0 spiro atoms. The normalized spacial score (nSPS) is 30.2. The Kier molecular flexibility index (Phi) is 5.01. The molecule has 3 atom stereocenters. The molecule has 1 aliphatic carbocycles. The number of aldehydes is 1. The van der Waals surface area contributed by atoms with E-state index >= 15 is 0 Å². The lowest BCUT2D eigenvalue weighted by Crippen LogP contribution is -2.23. The quantitative estimate of drug-likeness (QED) is 0.609. The number of carbonyl (C=O) groups excluding carboxylic acids is 1. The minimum Gasteiger partial charge on any atom is -0.303 e. The van der Waals surface area contributed by atoms with Crippen LogP contribution < -0.4 is 0 Å². The second-order valence-corrected chi connectivity index (χ2v) is 6.44. The second kappa shape index (κ2) is 5.84. The molecule has 94 valence electrons. The molecule has 0 aliphatic heterocycles. The molecule has 1 saturated carbocycles. The van der Waals surface area contributed by atoms with Gasteiger partial charge in [0.25, 0.3) is 0 Å². The minimum absolute atomic E-state index is 0.536. The third-order valence-corrected chi connectivity index (χ3v) is 5.02. The fourth-order valence-electron chi connectivity index (χ4n) is 3.11. The monoisotopic (exact) mass is 224 g/mol. The van der Waals surface area contributed by atoms with Crippen LogP contribution in [0.4, 0.5) is 0 Å². The van der Waals surface area contributed by atoms with Gasteiger partial charge in [0.1, 0.15) is 6.29 Å². The van der Waals surface area contributed by atoms with E-state index in [4.69, 9.17) is 0 Å². The Balaban J connectivity index is 2.26. The molecule has 16 heavy (non-hydrogen) atoms. The highest BCUT2D eigenvalue weighted by molar-refractivity contribution is 5.49. The molecule has 0 aromatic carbocycles. The van der Waals surface area contributed by atoms with Gasteiger partial charge in [-0.15, -0.1) is 0 Å². The molecule has 0 saturated heterocycles. The van der Waals surface area contributed by atoms with E-state index < -0.39 is 0 Å². The Morgan fingerprint density at radius 1 is 1.38 bits per heavy atom. The molecule has 0 amide bonds. The van der Waals surface area contributed by atoms with Crippen molar-refractivity contribution in [1.29, 1.82) is 0 Å². The van der Waals surface area contributed by atoms with Crippen LogP contribution in [0.5, 0.6) is 0 Å². The van der Waals surface area contributed by atoms with Crippen LogP contribution in [0, 0.1) is 23.2 Å². The van der Waals surface area contributed by atoms with E-state index in [2.05, 4.69) is 27.7 Å². The van der Waals surface area contributed by atoms with E-state index in [0.717, 1.165) is 24.5 Å².